The van der Waals surface area contributed by atoms with Gasteiger partial charge in [-0.3, -0.25) is 4.98 Å². The van der Waals surface area contributed by atoms with Crippen LogP contribution in [-0.4, -0.2) is 4.98 Å². The van der Waals surface area contributed by atoms with E-state index in [4.69, 9.17) is 0 Å². The Morgan fingerprint density at radius 3 is 2.06 bits per heavy atom. The second-order valence-corrected chi connectivity index (χ2v) is 5.63. The van der Waals surface area contributed by atoms with Crippen molar-refractivity contribution in [2.45, 2.75) is 34.1 Å². The van der Waals surface area contributed by atoms with Crippen molar-refractivity contribution in [3.05, 3.63) is 30.1 Å². The first kappa shape index (κ1) is 11.6. The predicted molar refractivity (Wildman–Crippen MR) is 68.1 cm³/mol. The molecule has 1 aromatic rings. The molecule has 1 saturated carbocycles. The number of pyridine rings is 1. The van der Waals surface area contributed by atoms with Crippen LogP contribution in [0.1, 0.15) is 33.4 Å². The maximum Gasteiger partial charge on any atom is 0.0406 e. The Bertz CT molecular complexity index is 319. The molecule has 0 saturated heterocycles. The Labute approximate surface area is 99.3 Å². The molecule has 1 nitrogen and oxygen atoms in total. The second-order valence-electron chi connectivity index (χ2n) is 5.63. The van der Waals surface area contributed by atoms with Crippen LogP contribution in [0.25, 0.3) is 0 Å². The van der Waals surface area contributed by atoms with Gasteiger partial charge in [-0.1, -0.05) is 33.8 Å². The number of hydrogen-bond acceptors (Lipinski definition) is 1. The fourth-order valence-corrected chi connectivity index (χ4v) is 3.35. The molecule has 0 spiro atoms. The van der Waals surface area contributed by atoms with Gasteiger partial charge in [-0.25, -0.2) is 0 Å². The first-order valence-corrected chi connectivity index (χ1v) is 6.51. The summed E-state index contributed by atoms with van der Waals surface area (Å²) in [6.45, 7) is 9.64. The van der Waals surface area contributed by atoms with Gasteiger partial charge in [-0.05, 0) is 48.1 Å². The molecule has 16 heavy (non-hydrogen) atoms. The molecule has 0 amide bonds. The Morgan fingerprint density at radius 1 is 0.938 bits per heavy atom. The van der Waals surface area contributed by atoms with Gasteiger partial charge in [0.2, 0.25) is 0 Å². The minimum Gasteiger partial charge on any atom is -0.261 e. The molecule has 88 valence electrons. The summed E-state index contributed by atoms with van der Waals surface area (Å²) >= 11 is 0. The van der Waals surface area contributed by atoms with Crippen LogP contribution in [0.3, 0.4) is 0 Å². The molecule has 1 fully saturated rings. The summed E-state index contributed by atoms with van der Waals surface area (Å²) in [5.74, 6) is 4.16. The molecule has 1 heteroatoms. The summed E-state index contributed by atoms with van der Waals surface area (Å²) in [6, 6.07) is 6.25. The standard InChI is InChI=1S/C15H23N/c1-10-11(2)13(4)15(12(10)3)9-14-7-5-6-8-16-14/h5-8,10-13,15H,9H2,1-4H3. The van der Waals surface area contributed by atoms with Crippen molar-refractivity contribution in [1.82, 2.24) is 4.98 Å². The monoisotopic (exact) mass is 217 g/mol. The molecule has 2 rings (SSSR count). The highest BCUT2D eigenvalue weighted by Crippen LogP contribution is 2.46. The van der Waals surface area contributed by atoms with Crippen LogP contribution in [0.15, 0.2) is 24.4 Å². The zero-order valence-electron chi connectivity index (χ0n) is 10.9. The van der Waals surface area contributed by atoms with Crippen LogP contribution in [-0.2, 0) is 6.42 Å². The first-order valence-electron chi connectivity index (χ1n) is 6.51. The highest BCUT2D eigenvalue weighted by atomic mass is 14.7. The van der Waals surface area contributed by atoms with E-state index >= 15 is 0 Å². The summed E-state index contributed by atoms with van der Waals surface area (Å²) < 4.78 is 0. The van der Waals surface area contributed by atoms with Gasteiger partial charge >= 0.3 is 0 Å². The summed E-state index contributed by atoms with van der Waals surface area (Å²) in [6.07, 6.45) is 3.06. The maximum atomic E-state index is 4.46. The molecule has 1 aliphatic rings. The summed E-state index contributed by atoms with van der Waals surface area (Å²) in [4.78, 5) is 4.46. The molecule has 0 radical (unpaired) electrons. The first-order chi connectivity index (χ1) is 7.61. The van der Waals surface area contributed by atoms with E-state index in [-0.39, 0.29) is 0 Å². The zero-order chi connectivity index (χ0) is 11.7. The maximum absolute atomic E-state index is 4.46. The smallest absolute Gasteiger partial charge is 0.0406 e. The molecule has 1 heterocycles. The van der Waals surface area contributed by atoms with Crippen molar-refractivity contribution in [3.8, 4) is 0 Å². The molecule has 0 aliphatic heterocycles. The van der Waals surface area contributed by atoms with Gasteiger partial charge in [-0.15, -0.1) is 0 Å². The third kappa shape index (κ3) is 2.00. The number of nitrogens with zero attached hydrogens (tertiary/aromatic N) is 1. The van der Waals surface area contributed by atoms with Crippen molar-refractivity contribution >= 4 is 0 Å². The average molecular weight is 217 g/mol. The van der Waals surface area contributed by atoms with E-state index in [2.05, 4.69) is 44.8 Å². The zero-order valence-corrected chi connectivity index (χ0v) is 10.9. The largest absolute Gasteiger partial charge is 0.261 e. The fraction of sp³-hybridized carbons (Fsp3) is 0.667. The van der Waals surface area contributed by atoms with Gasteiger partial charge in [-0.2, -0.15) is 0 Å². The minimum atomic E-state index is 0.805. The predicted octanol–water partition coefficient (Wildman–Crippen LogP) is 3.80. The highest BCUT2D eigenvalue weighted by Gasteiger charge is 2.41. The summed E-state index contributed by atoms with van der Waals surface area (Å²) in [7, 11) is 0. The van der Waals surface area contributed by atoms with E-state index in [1.165, 1.54) is 5.69 Å². The summed E-state index contributed by atoms with van der Waals surface area (Å²) in [5.41, 5.74) is 1.26. The molecule has 4 unspecified atom stereocenters. The van der Waals surface area contributed by atoms with Gasteiger partial charge in [0.15, 0.2) is 0 Å². The van der Waals surface area contributed by atoms with E-state index in [1.807, 2.05) is 12.3 Å². The molecular formula is C15H23N. The van der Waals surface area contributed by atoms with Gasteiger partial charge in [0.05, 0.1) is 0 Å². The van der Waals surface area contributed by atoms with Gasteiger partial charge in [0.25, 0.3) is 0 Å². The lowest BCUT2D eigenvalue weighted by Crippen LogP contribution is -2.16. The van der Waals surface area contributed by atoms with Crippen molar-refractivity contribution in [1.29, 1.82) is 0 Å². The van der Waals surface area contributed by atoms with Gasteiger partial charge < -0.3 is 0 Å². The molecule has 1 aliphatic carbocycles. The third-order valence-electron chi connectivity index (χ3n) is 5.01. The van der Waals surface area contributed by atoms with Crippen molar-refractivity contribution in [2.75, 3.05) is 0 Å². The topological polar surface area (TPSA) is 12.9 Å². The Kier molecular flexibility index (Phi) is 3.32. The molecule has 4 atom stereocenters. The summed E-state index contributed by atoms with van der Waals surface area (Å²) in [5, 5.41) is 0. The van der Waals surface area contributed by atoms with Crippen LogP contribution in [0, 0.1) is 29.6 Å². The number of rotatable bonds is 2. The molecule has 1 aromatic heterocycles. The van der Waals surface area contributed by atoms with Crippen molar-refractivity contribution < 1.29 is 0 Å². The Hall–Kier alpha value is -0.850. The van der Waals surface area contributed by atoms with Gasteiger partial charge in [0.1, 0.15) is 0 Å². The quantitative estimate of drug-likeness (QED) is 0.734. The number of aromatic nitrogens is 1. The second kappa shape index (κ2) is 4.57. The lowest BCUT2D eigenvalue weighted by atomic mass is 9.85. The van der Waals surface area contributed by atoms with E-state index in [9.17, 15) is 0 Å². The average Bonchev–Trinajstić information content (AvgIpc) is 2.48. The molecule has 0 aromatic carbocycles. The Morgan fingerprint density at radius 2 is 1.56 bits per heavy atom. The van der Waals surface area contributed by atoms with Crippen LogP contribution >= 0.6 is 0 Å². The normalized spacial score (nSPS) is 38.9. The van der Waals surface area contributed by atoms with E-state index in [0.29, 0.717) is 0 Å². The lowest BCUT2D eigenvalue weighted by molar-refractivity contribution is 0.316. The van der Waals surface area contributed by atoms with Crippen LogP contribution < -0.4 is 0 Å². The SMILES string of the molecule is CC1C(C)C(C)C(Cc2ccccn2)C1C. The highest BCUT2D eigenvalue weighted by molar-refractivity contribution is 5.06. The Balaban J connectivity index is 2.11. The van der Waals surface area contributed by atoms with Crippen LogP contribution in [0.5, 0.6) is 0 Å². The van der Waals surface area contributed by atoms with E-state index < -0.39 is 0 Å². The number of hydrogen-bond donors (Lipinski definition) is 0. The fourth-order valence-electron chi connectivity index (χ4n) is 3.35. The molecule has 0 N–H and O–H groups in total. The third-order valence-corrected chi connectivity index (χ3v) is 5.01. The minimum absolute atomic E-state index is 0.805. The van der Waals surface area contributed by atoms with Crippen molar-refractivity contribution in [2.24, 2.45) is 29.6 Å². The van der Waals surface area contributed by atoms with Crippen LogP contribution in [0.4, 0.5) is 0 Å². The van der Waals surface area contributed by atoms with Gasteiger partial charge in [0, 0.05) is 11.9 Å². The van der Waals surface area contributed by atoms with E-state index in [0.717, 1.165) is 36.0 Å². The van der Waals surface area contributed by atoms with Crippen molar-refractivity contribution in [3.63, 3.8) is 0 Å². The molecular weight excluding hydrogens is 194 g/mol. The molecule has 0 bridgehead atoms. The van der Waals surface area contributed by atoms with Crippen LogP contribution in [0.2, 0.25) is 0 Å². The van der Waals surface area contributed by atoms with E-state index in [1.54, 1.807) is 0 Å². The lowest BCUT2D eigenvalue weighted by Gasteiger charge is -2.20.